The van der Waals surface area contributed by atoms with Gasteiger partial charge in [0, 0.05) is 17.8 Å². The van der Waals surface area contributed by atoms with Crippen molar-refractivity contribution < 1.29 is 9.18 Å². The lowest BCUT2D eigenvalue weighted by atomic mass is 10.2. The number of amides is 1. The highest BCUT2D eigenvalue weighted by Gasteiger charge is 2.26. The summed E-state index contributed by atoms with van der Waals surface area (Å²) in [5.41, 5.74) is 2.54. The molecule has 1 unspecified atom stereocenters. The smallest absolute Gasteiger partial charge is 0.240 e. The molecule has 0 N–H and O–H groups in total. The van der Waals surface area contributed by atoms with E-state index in [2.05, 4.69) is 16.3 Å². The lowest BCUT2D eigenvalue weighted by molar-refractivity contribution is -0.117. The lowest BCUT2D eigenvalue weighted by Gasteiger charge is -2.25. The number of para-hydroxylation sites is 1. The monoisotopic (exact) mass is 485 g/mol. The first kappa shape index (κ1) is 24.2. The fourth-order valence-electron chi connectivity index (χ4n) is 3.66. The molecule has 1 atom stereocenters. The van der Waals surface area contributed by atoms with E-state index < -0.39 is 5.25 Å². The molecule has 0 fully saturated rings. The highest BCUT2D eigenvalue weighted by molar-refractivity contribution is 8.00. The standard InChI is InChI=1S/C27H24FN5OS/c1-20(26(34)32(18-8-17-29)24-11-6-3-7-12-24)35-27-31-30-25(22-13-15-23(28)16-14-22)33(27)19-21-9-4-2-5-10-21/h2-7,9-16,20H,8,18-19H2,1H3. The zero-order valence-corrected chi connectivity index (χ0v) is 20.0. The number of benzene rings is 3. The summed E-state index contributed by atoms with van der Waals surface area (Å²) in [4.78, 5) is 15.1. The third-order valence-electron chi connectivity index (χ3n) is 5.41. The minimum absolute atomic E-state index is 0.117. The van der Waals surface area contributed by atoms with Crippen LogP contribution in [0.15, 0.2) is 90.1 Å². The lowest BCUT2D eigenvalue weighted by Crippen LogP contribution is -2.37. The molecule has 0 aliphatic carbocycles. The number of anilines is 1. The Balaban J connectivity index is 1.63. The number of rotatable bonds is 9. The van der Waals surface area contributed by atoms with Crippen molar-refractivity contribution in [3.05, 3.63) is 96.3 Å². The van der Waals surface area contributed by atoms with Gasteiger partial charge in [0.25, 0.3) is 0 Å². The van der Waals surface area contributed by atoms with Gasteiger partial charge in [0.15, 0.2) is 11.0 Å². The Morgan fingerprint density at radius 3 is 2.34 bits per heavy atom. The Morgan fingerprint density at radius 2 is 1.69 bits per heavy atom. The fraction of sp³-hybridized carbons (Fsp3) is 0.185. The van der Waals surface area contributed by atoms with Crippen molar-refractivity contribution in [2.24, 2.45) is 0 Å². The normalized spacial score (nSPS) is 11.6. The molecule has 6 nitrogen and oxygen atoms in total. The van der Waals surface area contributed by atoms with E-state index in [0.29, 0.717) is 24.1 Å². The number of hydrogen-bond acceptors (Lipinski definition) is 5. The summed E-state index contributed by atoms with van der Waals surface area (Å²) in [6.45, 7) is 2.64. The summed E-state index contributed by atoms with van der Waals surface area (Å²) in [5.74, 6) is 0.157. The zero-order chi connectivity index (χ0) is 24.6. The average Bonchev–Trinajstić information content (AvgIpc) is 3.27. The van der Waals surface area contributed by atoms with Crippen LogP contribution in [0, 0.1) is 17.1 Å². The van der Waals surface area contributed by atoms with Gasteiger partial charge in [0.2, 0.25) is 5.91 Å². The number of carbonyl (C=O) groups is 1. The van der Waals surface area contributed by atoms with Crippen molar-refractivity contribution in [3.63, 3.8) is 0 Å². The van der Waals surface area contributed by atoms with Crippen molar-refractivity contribution in [1.82, 2.24) is 14.8 Å². The Bertz CT molecular complexity index is 1300. The fourth-order valence-corrected chi connectivity index (χ4v) is 4.57. The third-order valence-corrected chi connectivity index (χ3v) is 6.48. The number of carbonyl (C=O) groups excluding carboxylic acids is 1. The quantitative estimate of drug-likeness (QED) is 0.290. The van der Waals surface area contributed by atoms with Crippen LogP contribution in [0.25, 0.3) is 11.4 Å². The van der Waals surface area contributed by atoms with Crippen molar-refractivity contribution >= 4 is 23.4 Å². The van der Waals surface area contributed by atoms with E-state index in [4.69, 9.17) is 5.26 Å². The van der Waals surface area contributed by atoms with Crippen molar-refractivity contribution in [3.8, 4) is 17.5 Å². The highest BCUT2D eigenvalue weighted by Crippen LogP contribution is 2.29. The number of thioether (sulfide) groups is 1. The Hall–Kier alpha value is -3.96. The number of halogens is 1. The molecule has 4 rings (SSSR count). The molecule has 4 aromatic rings. The van der Waals surface area contributed by atoms with E-state index in [-0.39, 0.29) is 18.1 Å². The molecule has 0 aliphatic heterocycles. The maximum absolute atomic E-state index is 13.5. The van der Waals surface area contributed by atoms with Gasteiger partial charge < -0.3 is 4.90 Å². The largest absolute Gasteiger partial charge is 0.310 e. The van der Waals surface area contributed by atoms with Crippen LogP contribution in [0.3, 0.4) is 0 Å². The zero-order valence-electron chi connectivity index (χ0n) is 19.2. The second-order valence-corrected chi connectivity index (χ2v) is 9.19. The molecule has 0 aliphatic rings. The number of aromatic nitrogens is 3. The first-order valence-electron chi connectivity index (χ1n) is 11.2. The predicted molar refractivity (Wildman–Crippen MR) is 135 cm³/mol. The van der Waals surface area contributed by atoms with Crippen LogP contribution >= 0.6 is 11.8 Å². The van der Waals surface area contributed by atoms with Gasteiger partial charge in [-0.1, -0.05) is 60.3 Å². The topological polar surface area (TPSA) is 74.8 Å². The summed E-state index contributed by atoms with van der Waals surface area (Å²) < 4.78 is 15.5. The molecule has 0 saturated heterocycles. The molecular weight excluding hydrogens is 461 g/mol. The van der Waals surface area contributed by atoms with Gasteiger partial charge in [0.05, 0.1) is 24.3 Å². The van der Waals surface area contributed by atoms with Gasteiger partial charge in [-0.05, 0) is 48.9 Å². The highest BCUT2D eigenvalue weighted by atomic mass is 32.2. The SMILES string of the molecule is CC(Sc1nnc(-c2ccc(F)cc2)n1Cc1ccccc1)C(=O)N(CCC#N)c1ccccc1. The molecule has 1 amide bonds. The summed E-state index contributed by atoms with van der Waals surface area (Å²) in [5, 5.41) is 18.0. The predicted octanol–water partition coefficient (Wildman–Crippen LogP) is 5.56. The summed E-state index contributed by atoms with van der Waals surface area (Å²) in [7, 11) is 0. The van der Waals surface area contributed by atoms with Crippen LogP contribution < -0.4 is 4.90 Å². The minimum Gasteiger partial charge on any atom is -0.310 e. The number of nitriles is 1. The van der Waals surface area contributed by atoms with Gasteiger partial charge in [0.1, 0.15) is 5.82 Å². The Kier molecular flexibility index (Phi) is 7.91. The minimum atomic E-state index is -0.478. The van der Waals surface area contributed by atoms with E-state index in [1.54, 1.807) is 17.0 Å². The summed E-state index contributed by atoms with van der Waals surface area (Å²) >= 11 is 1.31. The molecule has 35 heavy (non-hydrogen) atoms. The van der Waals surface area contributed by atoms with E-state index in [9.17, 15) is 9.18 Å². The number of hydrogen-bond donors (Lipinski definition) is 0. The summed E-state index contributed by atoms with van der Waals surface area (Å²) in [6, 6.07) is 27.5. The Labute approximate surface area is 208 Å². The Morgan fingerprint density at radius 1 is 1.03 bits per heavy atom. The average molecular weight is 486 g/mol. The van der Waals surface area contributed by atoms with Crippen LogP contribution in [0.2, 0.25) is 0 Å². The van der Waals surface area contributed by atoms with E-state index in [0.717, 1.165) is 16.8 Å². The van der Waals surface area contributed by atoms with Crippen molar-refractivity contribution in [2.75, 3.05) is 11.4 Å². The molecule has 1 heterocycles. The van der Waals surface area contributed by atoms with Gasteiger partial charge in [-0.2, -0.15) is 5.26 Å². The van der Waals surface area contributed by atoms with Gasteiger partial charge in [-0.3, -0.25) is 9.36 Å². The molecule has 8 heteroatoms. The van der Waals surface area contributed by atoms with Crippen molar-refractivity contribution in [1.29, 1.82) is 5.26 Å². The molecule has 0 spiro atoms. The molecule has 0 saturated carbocycles. The molecular formula is C27H24FN5OS. The van der Waals surface area contributed by atoms with Crippen LogP contribution in [0.1, 0.15) is 18.9 Å². The van der Waals surface area contributed by atoms with Gasteiger partial charge in [-0.25, -0.2) is 4.39 Å². The molecule has 176 valence electrons. The van der Waals surface area contributed by atoms with E-state index in [1.165, 1.54) is 23.9 Å². The van der Waals surface area contributed by atoms with Gasteiger partial charge >= 0.3 is 0 Å². The van der Waals surface area contributed by atoms with Gasteiger partial charge in [-0.15, -0.1) is 10.2 Å². The van der Waals surface area contributed by atoms with Crippen LogP contribution in [0.4, 0.5) is 10.1 Å². The summed E-state index contributed by atoms with van der Waals surface area (Å²) in [6.07, 6.45) is 0.233. The third kappa shape index (κ3) is 5.94. The first-order valence-corrected chi connectivity index (χ1v) is 12.1. The first-order chi connectivity index (χ1) is 17.1. The van der Waals surface area contributed by atoms with Crippen LogP contribution in [-0.2, 0) is 11.3 Å². The molecule has 3 aromatic carbocycles. The number of nitrogens with zero attached hydrogens (tertiary/aromatic N) is 5. The molecule has 1 aromatic heterocycles. The van der Waals surface area contributed by atoms with E-state index >= 15 is 0 Å². The van der Waals surface area contributed by atoms with Crippen LogP contribution in [0.5, 0.6) is 0 Å². The molecule has 0 radical (unpaired) electrons. The van der Waals surface area contributed by atoms with Crippen molar-refractivity contribution in [2.45, 2.75) is 30.3 Å². The molecule has 0 bridgehead atoms. The second kappa shape index (κ2) is 11.4. The second-order valence-electron chi connectivity index (χ2n) is 7.88. The van der Waals surface area contributed by atoms with Crippen LogP contribution in [-0.4, -0.2) is 32.5 Å². The maximum Gasteiger partial charge on any atom is 0.240 e. The maximum atomic E-state index is 13.5. The van der Waals surface area contributed by atoms with E-state index in [1.807, 2.05) is 72.2 Å².